The Morgan fingerprint density at radius 1 is 1.33 bits per heavy atom. The van der Waals surface area contributed by atoms with Gasteiger partial charge >= 0.3 is 5.97 Å². The van der Waals surface area contributed by atoms with E-state index < -0.39 is 11.5 Å². The minimum absolute atomic E-state index is 0.433. The van der Waals surface area contributed by atoms with Gasteiger partial charge in [0, 0.05) is 11.6 Å². The standard InChI is InChI=1S/C16H20N2O3/c1-16(17,15(19)20)9-2-3-11-21-14-8-4-7-13-12(14)6-5-10-18-13/h4-8,10H,2-3,9,11,17H2,1H3,(H,19,20). The lowest BCUT2D eigenvalue weighted by atomic mass is 9.97. The average Bonchev–Trinajstić information content (AvgIpc) is 2.47. The van der Waals surface area contributed by atoms with E-state index in [1.807, 2.05) is 30.3 Å². The molecule has 0 saturated carbocycles. The number of aromatic nitrogens is 1. The van der Waals surface area contributed by atoms with E-state index in [-0.39, 0.29) is 0 Å². The van der Waals surface area contributed by atoms with Crippen LogP contribution in [-0.2, 0) is 4.79 Å². The SMILES string of the molecule is CC(N)(CCCCOc1cccc2ncccc12)C(=O)O. The Kier molecular flexibility index (Phi) is 4.75. The van der Waals surface area contributed by atoms with Gasteiger partial charge in [-0.05, 0) is 50.5 Å². The quantitative estimate of drug-likeness (QED) is 0.765. The number of pyridine rings is 1. The first kappa shape index (κ1) is 15.3. The first-order valence-electron chi connectivity index (χ1n) is 6.99. The van der Waals surface area contributed by atoms with Crippen LogP contribution in [0.4, 0.5) is 0 Å². The second-order valence-corrected chi connectivity index (χ2v) is 5.35. The van der Waals surface area contributed by atoms with Crippen LogP contribution < -0.4 is 10.5 Å². The highest BCUT2D eigenvalue weighted by atomic mass is 16.5. The van der Waals surface area contributed by atoms with Crippen LogP contribution in [-0.4, -0.2) is 28.2 Å². The van der Waals surface area contributed by atoms with E-state index in [4.69, 9.17) is 15.6 Å². The van der Waals surface area contributed by atoms with Gasteiger partial charge in [-0.25, -0.2) is 0 Å². The number of fused-ring (bicyclic) bond motifs is 1. The summed E-state index contributed by atoms with van der Waals surface area (Å²) >= 11 is 0. The lowest BCUT2D eigenvalue weighted by Crippen LogP contribution is -2.44. The lowest BCUT2D eigenvalue weighted by Gasteiger charge is -2.18. The van der Waals surface area contributed by atoms with Crippen molar-refractivity contribution >= 4 is 16.9 Å². The van der Waals surface area contributed by atoms with Crippen LogP contribution in [0.5, 0.6) is 5.75 Å². The Balaban J connectivity index is 1.85. The summed E-state index contributed by atoms with van der Waals surface area (Å²) in [5, 5.41) is 9.91. The number of unbranched alkanes of at least 4 members (excludes halogenated alkanes) is 1. The fourth-order valence-electron chi connectivity index (χ4n) is 2.08. The largest absolute Gasteiger partial charge is 0.493 e. The van der Waals surface area contributed by atoms with Gasteiger partial charge in [-0.2, -0.15) is 0 Å². The predicted octanol–water partition coefficient (Wildman–Crippen LogP) is 2.59. The Morgan fingerprint density at radius 3 is 2.90 bits per heavy atom. The summed E-state index contributed by atoms with van der Waals surface area (Å²) in [4.78, 5) is 15.2. The van der Waals surface area contributed by atoms with Gasteiger partial charge in [0.15, 0.2) is 0 Å². The van der Waals surface area contributed by atoms with Crippen molar-refractivity contribution in [2.75, 3.05) is 6.61 Å². The van der Waals surface area contributed by atoms with Crippen LogP contribution in [0.15, 0.2) is 36.5 Å². The third-order valence-corrected chi connectivity index (χ3v) is 3.44. The molecule has 0 aliphatic carbocycles. The third kappa shape index (κ3) is 3.92. The highest BCUT2D eigenvalue weighted by molar-refractivity contribution is 5.84. The summed E-state index contributed by atoms with van der Waals surface area (Å²) in [6.45, 7) is 2.07. The summed E-state index contributed by atoms with van der Waals surface area (Å²) in [6.07, 6.45) is 3.65. The summed E-state index contributed by atoms with van der Waals surface area (Å²) in [5.41, 5.74) is 5.41. The summed E-state index contributed by atoms with van der Waals surface area (Å²) in [7, 11) is 0. The second kappa shape index (κ2) is 6.54. The molecule has 3 N–H and O–H groups in total. The van der Waals surface area contributed by atoms with E-state index in [1.54, 1.807) is 6.20 Å². The lowest BCUT2D eigenvalue weighted by molar-refractivity contribution is -0.142. The number of benzene rings is 1. The number of rotatable bonds is 7. The van der Waals surface area contributed by atoms with Gasteiger partial charge in [-0.3, -0.25) is 9.78 Å². The maximum atomic E-state index is 10.9. The fourth-order valence-corrected chi connectivity index (χ4v) is 2.08. The molecule has 0 bridgehead atoms. The van der Waals surface area contributed by atoms with E-state index >= 15 is 0 Å². The minimum atomic E-state index is -1.16. The molecule has 0 spiro atoms. The number of hydrogen-bond donors (Lipinski definition) is 2. The van der Waals surface area contributed by atoms with Crippen LogP contribution in [0.3, 0.4) is 0 Å². The molecule has 0 fully saturated rings. The monoisotopic (exact) mass is 288 g/mol. The topological polar surface area (TPSA) is 85.4 Å². The molecule has 2 aromatic rings. The van der Waals surface area contributed by atoms with E-state index in [0.29, 0.717) is 19.4 Å². The molecular weight excluding hydrogens is 268 g/mol. The van der Waals surface area contributed by atoms with Crippen molar-refractivity contribution in [3.63, 3.8) is 0 Å². The zero-order valence-electron chi connectivity index (χ0n) is 12.1. The molecule has 112 valence electrons. The molecule has 5 heteroatoms. The first-order chi connectivity index (χ1) is 10.0. The first-order valence-corrected chi connectivity index (χ1v) is 6.99. The minimum Gasteiger partial charge on any atom is -0.493 e. The smallest absolute Gasteiger partial charge is 0.323 e. The number of carboxylic acids is 1. The van der Waals surface area contributed by atoms with Crippen LogP contribution in [0.25, 0.3) is 10.9 Å². The maximum absolute atomic E-state index is 10.9. The Labute approximate surface area is 123 Å². The number of nitrogens with two attached hydrogens (primary N) is 1. The summed E-state index contributed by atoms with van der Waals surface area (Å²) < 4.78 is 5.77. The Morgan fingerprint density at radius 2 is 2.14 bits per heavy atom. The van der Waals surface area contributed by atoms with Gasteiger partial charge in [0.25, 0.3) is 0 Å². The van der Waals surface area contributed by atoms with Gasteiger partial charge in [0.1, 0.15) is 11.3 Å². The van der Waals surface area contributed by atoms with Gasteiger partial charge < -0.3 is 15.6 Å². The summed E-state index contributed by atoms with van der Waals surface area (Å²) in [5.74, 6) is -0.169. The Bertz CT molecular complexity index is 620. The molecule has 0 aliphatic rings. The molecule has 1 aromatic carbocycles. The van der Waals surface area contributed by atoms with E-state index in [0.717, 1.165) is 23.1 Å². The Hall–Kier alpha value is -2.14. The van der Waals surface area contributed by atoms with Crippen LogP contribution in [0, 0.1) is 0 Å². The molecule has 2 rings (SSSR count). The van der Waals surface area contributed by atoms with E-state index in [9.17, 15) is 4.79 Å². The van der Waals surface area contributed by atoms with Crippen LogP contribution >= 0.6 is 0 Å². The van der Waals surface area contributed by atoms with Crippen molar-refractivity contribution in [1.82, 2.24) is 4.98 Å². The molecule has 1 aromatic heterocycles. The number of nitrogens with zero attached hydrogens (tertiary/aromatic N) is 1. The van der Waals surface area contributed by atoms with E-state index in [2.05, 4.69) is 4.98 Å². The molecule has 21 heavy (non-hydrogen) atoms. The van der Waals surface area contributed by atoms with Crippen molar-refractivity contribution < 1.29 is 14.6 Å². The molecule has 0 saturated heterocycles. The zero-order chi connectivity index (χ0) is 15.3. The molecule has 5 nitrogen and oxygen atoms in total. The molecule has 0 radical (unpaired) electrons. The number of carboxylic acid groups (broad SMARTS) is 1. The average molecular weight is 288 g/mol. The number of ether oxygens (including phenoxy) is 1. The van der Waals surface area contributed by atoms with Gasteiger partial charge in [-0.1, -0.05) is 6.07 Å². The van der Waals surface area contributed by atoms with Crippen LogP contribution in [0.2, 0.25) is 0 Å². The van der Waals surface area contributed by atoms with Crippen LogP contribution in [0.1, 0.15) is 26.2 Å². The predicted molar refractivity (Wildman–Crippen MR) is 81.3 cm³/mol. The molecule has 0 amide bonds. The van der Waals surface area contributed by atoms with Gasteiger partial charge in [0.2, 0.25) is 0 Å². The highest BCUT2D eigenvalue weighted by Crippen LogP contribution is 2.24. The van der Waals surface area contributed by atoms with Crippen molar-refractivity contribution in [2.45, 2.75) is 31.7 Å². The zero-order valence-corrected chi connectivity index (χ0v) is 12.1. The molecule has 1 unspecified atom stereocenters. The second-order valence-electron chi connectivity index (χ2n) is 5.35. The number of hydrogen-bond acceptors (Lipinski definition) is 4. The molecule has 0 aliphatic heterocycles. The van der Waals surface area contributed by atoms with Crippen molar-refractivity contribution in [1.29, 1.82) is 0 Å². The van der Waals surface area contributed by atoms with Crippen molar-refractivity contribution in [3.05, 3.63) is 36.5 Å². The number of carbonyl (C=O) groups is 1. The molecular formula is C16H20N2O3. The van der Waals surface area contributed by atoms with E-state index in [1.165, 1.54) is 6.92 Å². The molecule has 1 atom stereocenters. The number of aliphatic carboxylic acids is 1. The highest BCUT2D eigenvalue weighted by Gasteiger charge is 2.26. The van der Waals surface area contributed by atoms with Crippen molar-refractivity contribution in [2.24, 2.45) is 5.73 Å². The van der Waals surface area contributed by atoms with Gasteiger partial charge in [-0.15, -0.1) is 0 Å². The van der Waals surface area contributed by atoms with Gasteiger partial charge in [0.05, 0.1) is 12.1 Å². The fraction of sp³-hybridized carbons (Fsp3) is 0.375. The normalized spacial score (nSPS) is 13.8. The van der Waals surface area contributed by atoms with Crippen molar-refractivity contribution in [3.8, 4) is 5.75 Å². The maximum Gasteiger partial charge on any atom is 0.323 e. The third-order valence-electron chi connectivity index (χ3n) is 3.44. The summed E-state index contributed by atoms with van der Waals surface area (Å²) in [6, 6.07) is 9.61. The molecule has 1 heterocycles.